The molecule has 1 amide bonds. The Kier molecular flexibility index (Phi) is 3.57. The monoisotopic (exact) mass is 216 g/mol. The van der Waals surface area contributed by atoms with E-state index in [1.807, 2.05) is 20.8 Å². The second kappa shape index (κ2) is 4.37. The Morgan fingerprint density at radius 1 is 1.40 bits per heavy atom. The maximum atomic E-state index is 11.7. The third-order valence-corrected chi connectivity index (χ3v) is 2.26. The van der Waals surface area contributed by atoms with Crippen molar-refractivity contribution in [3.05, 3.63) is 0 Å². The molecule has 0 aromatic carbocycles. The van der Waals surface area contributed by atoms with Gasteiger partial charge in [0, 0.05) is 13.7 Å². The Hall–Kier alpha value is -0.810. The summed E-state index contributed by atoms with van der Waals surface area (Å²) in [6.45, 7) is 6.53. The molecule has 2 N–H and O–H groups in total. The van der Waals surface area contributed by atoms with Crippen LogP contribution in [-0.2, 0) is 9.47 Å². The standard InChI is InChI=1S/C10H20N2O3/c1-10(2,3)15-9(13)12-5-7(11)8(6-12)14-4/h7-8H,5-6,11H2,1-4H3/t7-,8+/m1/s1. The first-order valence-corrected chi connectivity index (χ1v) is 5.10. The fraction of sp³-hybridized carbons (Fsp3) is 0.900. The smallest absolute Gasteiger partial charge is 0.410 e. The van der Waals surface area contributed by atoms with Crippen LogP contribution in [0.4, 0.5) is 4.79 Å². The van der Waals surface area contributed by atoms with Gasteiger partial charge < -0.3 is 20.1 Å². The van der Waals surface area contributed by atoms with E-state index in [9.17, 15) is 4.79 Å². The molecule has 1 aliphatic rings. The summed E-state index contributed by atoms with van der Waals surface area (Å²) in [4.78, 5) is 13.2. The molecule has 5 heteroatoms. The third-order valence-electron chi connectivity index (χ3n) is 2.26. The highest BCUT2D eigenvalue weighted by Crippen LogP contribution is 2.16. The zero-order valence-corrected chi connectivity index (χ0v) is 9.82. The predicted octanol–water partition coefficient (Wildman–Crippen LogP) is 0.579. The first-order chi connectivity index (χ1) is 6.83. The Balaban J connectivity index is 2.50. The van der Waals surface area contributed by atoms with Gasteiger partial charge in [0.25, 0.3) is 0 Å². The molecule has 0 aromatic heterocycles. The number of likely N-dealkylation sites (tertiary alicyclic amines) is 1. The highest BCUT2D eigenvalue weighted by atomic mass is 16.6. The second-order valence-electron chi connectivity index (χ2n) is 4.82. The number of carbonyl (C=O) groups is 1. The van der Waals surface area contributed by atoms with Gasteiger partial charge in [-0.2, -0.15) is 0 Å². The number of methoxy groups -OCH3 is 1. The lowest BCUT2D eigenvalue weighted by Gasteiger charge is -2.24. The van der Waals surface area contributed by atoms with Crippen LogP contribution in [0.25, 0.3) is 0 Å². The SMILES string of the molecule is CO[C@H]1CN(C(=O)OC(C)(C)C)C[C@H]1N. The summed E-state index contributed by atoms with van der Waals surface area (Å²) in [5.41, 5.74) is 5.34. The molecule has 0 radical (unpaired) electrons. The molecule has 0 spiro atoms. The van der Waals surface area contributed by atoms with E-state index in [4.69, 9.17) is 15.2 Å². The summed E-state index contributed by atoms with van der Waals surface area (Å²) < 4.78 is 10.4. The molecule has 0 bridgehead atoms. The molecular weight excluding hydrogens is 196 g/mol. The topological polar surface area (TPSA) is 64.8 Å². The van der Waals surface area contributed by atoms with E-state index < -0.39 is 5.60 Å². The largest absolute Gasteiger partial charge is 0.444 e. The maximum Gasteiger partial charge on any atom is 0.410 e. The number of rotatable bonds is 1. The summed E-state index contributed by atoms with van der Waals surface area (Å²) in [5.74, 6) is 0. The van der Waals surface area contributed by atoms with E-state index in [1.165, 1.54) is 0 Å². The molecule has 0 aliphatic carbocycles. The van der Waals surface area contributed by atoms with Crippen LogP contribution in [-0.4, -0.2) is 48.9 Å². The lowest BCUT2D eigenvalue weighted by molar-refractivity contribution is 0.0252. The van der Waals surface area contributed by atoms with E-state index in [-0.39, 0.29) is 18.2 Å². The average molecular weight is 216 g/mol. The highest BCUT2D eigenvalue weighted by Gasteiger charge is 2.35. The fourth-order valence-corrected chi connectivity index (χ4v) is 1.52. The van der Waals surface area contributed by atoms with Crippen LogP contribution in [0.1, 0.15) is 20.8 Å². The van der Waals surface area contributed by atoms with Crippen LogP contribution in [0.15, 0.2) is 0 Å². The molecule has 1 fully saturated rings. The first kappa shape index (κ1) is 12.3. The van der Waals surface area contributed by atoms with Crippen LogP contribution in [0.3, 0.4) is 0 Å². The molecule has 5 nitrogen and oxygen atoms in total. The average Bonchev–Trinajstić information content (AvgIpc) is 2.43. The first-order valence-electron chi connectivity index (χ1n) is 5.10. The van der Waals surface area contributed by atoms with Gasteiger partial charge in [-0.25, -0.2) is 4.79 Å². The molecule has 1 saturated heterocycles. The molecule has 1 rings (SSSR count). The molecule has 1 aliphatic heterocycles. The molecule has 2 atom stereocenters. The van der Waals surface area contributed by atoms with Crippen molar-refractivity contribution >= 4 is 6.09 Å². The van der Waals surface area contributed by atoms with Gasteiger partial charge in [-0.1, -0.05) is 0 Å². The normalized spacial score (nSPS) is 26.9. The molecule has 0 unspecified atom stereocenters. The zero-order chi connectivity index (χ0) is 11.6. The van der Waals surface area contributed by atoms with Crippen molar-refractivity contribution < 1.29 is 14.3 Å². The number of nitrogens with two attached hydrogens (primary N) is 1. The van der Waals surface area contributed by atoms with E-state index in [0.717, 1.165) is 0 Å². The van der Waals surface area contributed by atoms with Gasteiger partial charge in [-0.3, -0.25) is 0 Å². The summed E-state index contributed by atoms with van der Waals surface area (Å²) in [5, 5.41) is 0. The number of carbonyl (C=O) groups excluding carboxylic acids is 1. The Morgan fingerprint density at radius 2 is 2.00 bits per heavy atom. The zero-order valence-electron chi connectivity index (χ0n) is 9.82. The van der Waals surface area contributed by atoms with Gasteiger partial charge in [-0.15, -0.1) is 0 Å². The lowest BCUT2D eigenvalue weighted by Crippen LogP contribution is -2.36. The van der Waals surface area contributed by atoms with Crippen LogP contribution >= 0.6 is 0 Å². The van der Waals surface area contributed by atoms with Crippen molar-refractivity contribution in [3.8, 4) is 0 Å². The second-order valence-corrected chi connectivity index (χ2v) is 4.82. The van der Waals surface area contributed by atoms with Crippen LogP contribution in [0.2, 0.25) is 0 Å². The van der Waals surface area contributed by atoms with Crippen molar-refractivity contribution in [1.82, 2.24) is 4.90 Å². The number of hydrogen-bond acceptors (Lipinski definition) is 4. The maximum absolute atomic E-state index is 11.7. The van der Waals surface area contributed by atoms with E-state index in [2.05, 4.69) is 0 Å². The van der Waals surface area contributed by atoms with Crippen molar-refractivity contribution in [1.29, 1.82) is 0 Å². The number of nitrogens with zero attached hydrogens (tertiary/aromatic N) is 1. The van der Waals surface area contributed by atoms with Crippen LogP contribution < -0.4 is 5.73 Å². The minimum absolute atomic E-state index is 0.0856. The number of ether oxygens (including phenoxy) is 2. The minimum Gasteiger partial charge on any atom is -0.444 e. The Labute approximate surface area is 90.5 Å². The minimum atomic E-state index is -0.466. The van der Waals surface area contributed by atoms with E-state index in [0.29, 0.717) is 13.1 Å². The van der Waals surface area contributed by atoms with Gasteiger partial charge in [0.2, 0.25) is 0 Å². The molecule has 0 saturated carbocycles. The molecule has 0 aromatic rings. The molecule has 1 heterocycles. The van der Waals surface area contributed by atoms with Crippen LogP contribution in [0, 0.1) is 0 Å². The summed E-state index contributed by atoms with van der Waals surface area (Å²) in [6, 6.07) is -0.123. The molecule has 15 heavy (non-hydrogen) atoms. The van der Waals surface area contributed by atoms with Gasteiger partial charge >= 0.3 is 6.09 Å². The lowest BCUT2D eigenvalue weighted by atomic mass is 10.2. The van der Waals surface area contributed by atoms with Crippen molar-refractivity contribution in [3.63, 3.8) is 0 Å². The van der Waals surface area contributed by atoms with E-state index in [1.54, 1.807) is 12.0 Å². The Morgan fingerprint density at radius 3 is 2.40 bits per heavy atom. The molecular formula is C10H20N2O3. The van der Waals surface area contributed by atoms with Gasteiger partial charge in [0.05, 0.1) is 18.7 Å². The Bertz CT molecular complexity index is 237. The number of hydrogen-bond donors (Lipinski definition) is 1. The highest BCUT2D eigenvalue weighted by molar-refractivity contribution is 5.68. The number of amides is 1. The van der Waals surface area contributed by atoms with Gasteiger partial charge in [-0.05, 0) is 20.8 Å². The summed E-state index contributed by atoms with van der Waals surface area (Å²) >= 11 is 0. The van der Waals surface area contributed by atoms with Gasteiger partial charge in [0.15, 0.2) is 0 Å². The summed E-state index contributed by atoms with van der Waals surface area (Å²) in [6.07, 6.45) is -0.407. The predicted molar refractivity (Wildman–Crippen MR) is 56.6 cm³/mol. The van der Waals surface area contributed by atoms with Crippen molar-refractivity contribution in [2.24, 2.45) is 5.73 Å². The third kappa shape index (κ3) is 3.35. The van der Waals surface area contributed by atoms with Crippen molar-refractivity contribution in [2.45, 2.75) is 38.5 Å². The quantitative estimate of drug-likeness (QED) is 0.696. The summed E-state index contributed by atoms with van der Waals surface area (Å²) in [7, 11) is 1.60. The van der Waals surface area contributed by atoms with Crippen molar-refractivity contribution in [2.75, 3.05) is 20.2 Å². The fourth-order valence-electron chi connectivity index (χ4n) is 1.52. The molecule has 88 valence electrons. The van der Waals surface area contributed by atoms with Gasteiger partial charge in [0.1, 0.15) is 5.60 Å². The van der Waals surface area contributed by atoms with Crippen LogP contribution in [0.5, 0.6) is 0 Å². The van der Waals surface area contributed by atoms with E-state index >= 15 is 0 Å².